The minimum absolute atomic E-state index is 0.0582. The van der Waals surface area contributed by atoms with Crippen molar-refractivity contribution in [2.75, 3.05) is 19.6 Å². The molecule has 1 amide bonds. The Labute approximate surface area is 168 Å². The average molecular weight is 397 g/mol. The van der Waals surface area contributed by atoms with Crippen molar-refractivity contribution in [1.29, 1.82) is 0 Å². The Balaban J connectivity index is 1.50. The van der Waals surface area contributed by atoms with Crippen LogP contribution in [0, 0.1) is 0 Å². The summed E-state index contributed by atoms with van der Waals surface area (Å²) in [6, 6.07) is 15.1. The number of benzene rings is 2. The van der Waals surface area contributed by atoms with Gasteiger partial charge in [-0.15, -0.1) is 5.10 Å². The summed E-state index contributed by atoms with van der Waals surface area (Å²) in [6.07, 6.45) is 3.84. The molecule has 1 fully saturated rings. The molecule has 4 rings (SSSR count). The van der Waals surface area contributed by atoms with Crippen molar-refractivity contribution in [3.63, 3.8) is 0 Å². The molecule has 7 nitrogen and oxygen atoms in total. The first-order chi connectivity index (χ1) is 13.7. The fourth-order valence-corrected chi connectivity index (χ4v) is 3.86. The standard InChI is InChI=1S/C20H21ClN6O/c21-18-9-2-1-8-17(18)19(26-10-3-4-11-26)13-22-20(28)15-6-5-7-16(12-15)27-14-23-24-25-27/h1-2,5-9,12,14,19H,3-4,10-11,13H2,(H,22,28). The maximum absolute atomic E-state index is 12.8. The molecule has 1 aliphatic heterocycles. The second-order valence-corrected chi connectivity index (χ2v) is 7.20. The van der Waals surface area contributed by atoms with E-state index in [9.17, 15) is 4.79 Å². The topological polar surface area (TPSA) is 75.9 Å². The zero-order valence-corrected chi connectivity index (χ0v) is 16.1. The number of carbonyl (C=O) groups is 1. The molecular weight excluding hydrogens is 376 g/mol. The van der Waals surface area contributed by atoms with Crippen molar-refractivity contribution in [2.24, 2.45) is 0 Å². The van der Waals surface area contributed by atoms with E-state index in [2.05, 4.69) is 25.7 Å². The van der Waals surface area contributed by atoms with Crippen molar-refractivity contribution in [3.05, 3.63) is 71.0 Å². The molecule has 1 atom stereocenters. The van der Waals surface area contributed by atoms with Crippen molar-refractivity contribution >= 4 is 17.5 Å². The van der Waals surface area contributed by atoms with Crippen LogP contribution in [0.1, 0.15) is 34.8 Å². The lowest BCUT2D eigenvalue weighted by molar-refractivity contribution is 0.0938. The van der Waals surface area contributed by atoms with Gasteiger partial charge in [0.25, 0.3) is 5.91 Å². The molecule has 0 radical (unpaired) electrons. The van der Waals surface area contributed by atoms with Crippen LogP contribution >= 0.6 is 11.6 Å². The fourth-order valence-electron chi connectivity index (χ4n) is 3.60. The quantitative estimate of drug-likeness (QED) is 0.693. The number of aromatic nitrogens is 4. The van der Waals surface area contributed by atoms with Gasteiger partial charge >= 0.3 is 0 Å². The van der Waals surface area contributed by atoms with E-state index < -0.39 is 0 Å². The second-order valence-electron chi connectivity index (χ2n) is 6.80. The van der Waals surface area contributed by atoms with Crippen LogP contribution in [0.25, 0.3) is 5.69 Å². The van der Waals surface area contributed by atoms with Crippen molar-refractivity contribution in [2.45, 2.75) is 18.9 Å². The Hall–Kier alpha value is -2.77. The summed E-state index contributed by atoms with van der Waals surface area (Å²) in [5.74, 6) is -0.133. The fraction of sp³-hybridized carbons (Fsp3) is 0.300. The molecule has 0 bridgehead atoms. The van der Waals surface area contributed by atoms with Crippen LogP contribution < -0.4 is 5.32 Å². The monoisotopic (exact) mass is 396 g/mol. The van der Waals surface area contributed by atoms with Crippen LogP contribution in [0.3, 0.4) is 0 Å². The van der Waals surface area contributed by atoms with E-state index >= 15 is 0 Å². The predicted octanol–water partition coefficient (Wildman–Crippen LogP) is 2.88. The van der Waals surface area contributed by atoms with Crippen LogP contribution in [0.4, 0.5) is 0 Å². The van der Waals surface area contributed by atoms with E-state index in [4.69, 9.17) is 11.6 Å². The number of nitrogens with zero attached hydrogens (tertiary/aromatic N) is 5. The maximum Gasteiger partial charge on any atom is 0.251 e. The van der Waals surface area contributed by atoms with E-state index in [1.807, 2.05) is 36.4 Å². The number of tetrazole rings is 1. The van der Waals surface area contributed by atoms with Crippen molar-refractivity contribution in [3.8, 4) is 5.69 Å². The Morgan fingerprint density at radius 2 is 1.96 bits per heavy atom. The van der Waals surface area contributed by atoms with Gasteiger partial charge in [0.2, 0.25) is 0 Å². The summed E-state index contributed by atoms with van der Waals surface area (Å²) >= 11 is 6.45. The first-order valence-electron chi connectivity index (χ1n) is 9.32. The average Bonchev–Trinajstić information content (AvgIpc) is 3.44. The first kappa shape index (κ1) is 18.6. The molecule has 1 aromatic heterocycles. The summed E-state index contributed by atoms with van der Waals surface area (Å²) in [7, 11) is 0. The van der Waals surface area contributed by atoms with E-state index in [0.29, 0.717) is 12.1 Å². The van der Waals surface area contributed by atoms with Gasteiger partial charge in [0.1, 0.15) is 6.33 Å². The molecule has 1 aliphatic rings. The summed E-state index contributed by atoms with van der Waals surface area (Å²) < 4.78 is 1.52. The molecule has 0 aliphatic carbocycles. The van der Waals surface area contributed by atoms with Crippen molar-refractivity contribution < 1.29 is 4.79 Å². The van der Waals surface area contributed by atoms with Crippen molar-refractivity contribution in [1.82, 2.24) is 30.4 Å². The summed E-state index contributed by atoms with van der Waals surface area (Å²) in [5, 5.41) is 14.9. The van der Waals surface area contributed by atoms with Crippen LogP contribution in [0.15, 0.2) is 54.9 Å². The predicted molar refractivity (Wildman–Crippen MR) is 106 cm³/mol. The lowest BCUT2D eigenvalue weighted by Gasteiger charge is -2.29. The van der Waals surface area contributed by atoms with Crippen LogP contribution in [0.2, 0.25) is 5.02 Å². The molecule has 1 unspecified atom stereocenters. The summed E-state index contributed by atoms with van der Waals surface area (Å²) in [4.78, 5) is 15.2. The number of nitrogens with one attached hydrogen (secondary N) is 1. The molecule has 144 valence electrons. The lowest BCUT2D eigenvalue weighted by atomic mass is 10.0. The highest BCUT2D eigenvalue weighted by Gasteiger charge is 2.25. The van der Waals surface area contributed by atoms with Gasteiger partial charge < -0.3 is 5.32 Å². The zero-order valence-electron chi connectivity index (χ0n) is 15.3. The van der Waals surface area contributed by atoms with E-state index in [0.717, 1.165) is 29.4 Å². The highest BCUT2D eigenvalue weighted by atomic mass is 35.5. The Bertz CT molecular complexity index is 939. The molecule has 1 N–H and O–H groups in total. The lowest BCUT2D eigenvalue weighted by Crippen LogP contribution is -2.37. The molecule has 2 heterocycles. The third-order valence-corrected chi connectivity index (χ3v) is 5.37. The van der Waals surface area contributed by atoms with Crippen LogP contribution in [-0.4, -0.2) is 50.6 Å². The van der Waals surface area contributed by atoms with Gasteiger partial charge in [-0.3, -0.25) is 9.69 Å². The number of rotatable bonds is 6. The second kappa shape index (κ2) is 8.50. The Morgan fingerprint density at radius 1 is 1.14 bits per heavy atom. The normalized spacial score (nSPS) is 15.5. The van der Waals surface area contributed by atoms with Gasteiger partial charge in [-0.1, -0.05) is 35.9 Å². The molecule has 0 saturated carbocycles. The maximum atomic E-state index is 12.8. The van der Waals surface area contributed by atoms with Gasteiger partial charge in [-0.2, -0.15) is 0 Å². The Kier molecular flexibility index (Phi) is 5.64. The highest BCUT2D eigenvalue weighted by molar-refractivity contribution is 6.31. The zero-order chi connectivity index (χ0) is 19.3. The van der Waals surface area contributed by atoms with Gasteiger partial charge in [-0.05, 0) is 66.2 Å². The summed E-state index contributed by atoms with van der Waals surface area (Å²) in [5.41, 5.74) is 2.35. The van der Waals surface area contributed by atoms with E-state index in [1.165, 1.54) is 23.9 Å². The molecule has 1 saturated heterocycles. The number of halogens is 1. The molecule has 3 aromatic rings. The largest absolute Gasteiger partial charge is 0.350 e. The molecule has 0 spiro atoms. The number of hydrogen-bond acceptors (Lipinski definition) is 5. The highest BCUT2D eigenvalue weighted by Crippen LogP contribution is 2.29. The molecular formula is C20H21ClN6O. The number of likely N-dealkylation sites (tertiary alicyclic amines) is 1. The molecule has 2 aromatic carbocycles. The molecule has 28 heavy (non-hydrogen) atoms. The van der Waals surface area contributed by atoms with E-state index in [1.54, 1.807) is 12.1 Å². The Morgan fingerprint density at radius 3 is 2.71 bits per heavy atom. The van der Waals surface area contributed by atoms with Crippen LogP contribution in [0.5, 0.6) is 0 Å². The van der Waals surface area contributed by atoms with E-state index in [-0.39, 0.29) is 11.9 Å². The minimum atomic E-state index is -0.133. The SMILES string of the molecule is O=C(NCC(c1ccccc1Cl)N1CCCC1)c1cccc(-n2cnnn2)c1. The van der Waals surface area contributed by atoms with Gasteiger partial charge in [0.05, 0.1) is 11.7 Å². The number of carbonyl (C=O) groups excluding carboxylic acids is 1. The smallest absolute Gasteiger partial charge is 0.251 e. The number of amides is 1. The van der Waals surface area contributed by atoms with Crippen LogP contribution in [-0.2, 0) is 0 Å². The third-order valence-electron chi connectivity index (χ3n) is 5.02. The van der Waals surface area contributed by atoms with Gasteiger partial charge in [0, 0.05) is 17.1 Å². The molecule has 8 heteroatoms. The summed E-state index contributed by atoms with van der Waals surface area (Å²) in [6.45, 7) is 2.53. The minimum Gasteiger partial charge on any atom is -0.350 e. The van der Waals surface area contributed by atoms with Gasteiger partial charge in [-0.25, -0.2) is 4.68 Å². The van der Waals surface area contributed by atoms with Gasteiger partial charge in [0.15, 0.2) is 0 Å². The third kappa shape index (κ3) is 4.05. The first-order valence-corrected chi connectivity index (χ1v) is 9.70. The number of hydrogen-bond donors (Lipinski definition) is 1.